The molecule has 1 N–H and O–H groups in total. The zero-order valence-electron chi connectivity index (χ0n) is 11.3. The van der Waals surface area contributed by atoms with Crippen molar-refractivity contribution in [3.8, 4) is 0 Å². The summed E-state index contributed by atoms with van der Waals surface area (Å²) in [5.74, 6) is -1.39. The molecule has 1 aliphatic heterocycles. The van der Waals surface area contributed by atoms with Gasteiger partial charge in [-0.2, -0.15) is 0 Å². The van der Waals surface area contributed by atoms with Gasteiger partial charge in [-0.05, 0) is 37.6 Å². The van der Waals surface area contributed by atoms with Crippen molar-refractivity contribution in [2.24, 2.45) is 0 Å². The average molecular weight is 283 g/mol. The van der Waals surface area contributed by atoms with Gasteiger partial charge in [0.2, 0.25) is 0 Å². The van der Waals surface area contributed by atoms with Crippen molar-refractivity contribution >= 4 is 5.78 Å². The molecule has 0 spiro atoms. The van der Waals surface area contributed by atoms with Crippen LogP contribution in [0.5, 0.6) is 0 Å². The first-order valence-corrected chi connectivity index (χ1v) is 6.93. The topological polar surface area (TPSA) is 38.3 Å². The monoisotopic (exact) mass is 283 g/mol. The number of carbonyl (C=O) groups excluding carboxylic acids is 1. The molecule has 0 saturated carbocycles. The number of Topliss-reactive ketones (excluding diaryl/α,β-unsaturated/α-hetero) is 1. The lowest BCUT2D eigenvalue weighted by Gasteiger charge is -2.22. The van der Waals surface area contributed by atoms with Crippen LogP contribution in [0.2, 0.25) is 0 Å². The van der Waals surface area contributed by atoms with Crippen LogP contribution in [0.3, 0.4) is 0 Å². The summed E-state index contributed by atoms with van der Waals surface area (Å²) in [6, 6.07) is 3.28. The quantitative estimate of drug-likeness (QED) is 0.870. The molecule has 1 aliphatic rings. The zero-order chi connectivity index (χ0) is 14.4. The number of nitrogens with one attached hydrogen (secondary N) is 1. The highest BCUT2D eigenvalue weighted by Gasteiger charge is 2.14. The smallest absolute Gasteiger partial charge is 0.139 e. The van der Waals surface area contributed by atoms with Crippen molar-refractivity contribution in [3.05, 3.63) is 35.4 Å². The number of carbonyl (C=O) groups is 1. The number of piperidine rings is 1. The molecule has 110 valence electrons. The Kier molecular flexibility index (Phi) is 5.61. The zero-order valence-corrected chi connectivity index (χ0v) is 11.3. The highest BCUT2D eigenvalue weighted by Crippen LogP contribution is 2.12. The predicted molar refractivity (Wildman–Crippen MR) is 71.5 cm³/mol. The van der Waals surface area contributed by atoms with Crippen molar-refractivity contribution in [2.75, 3.05) is 19.7 Å². The minimum absolute atomic E-state index is 0.0122. The van der Waals surface area contributed by atoms with E-state index in [9.17, 15) is 13.6 Å². The van der Waals surface area contributed by atoms with E-state index in [1.54, 1.807) is 0 Å². The molecule has 1 saturated heterocycles. The standard InChI is InChI=1S/C15H19F2NO2/c16-12-2-1-11(15(17)10-12)9-13(19)5-8-20-14-3-6-18-7-4-14/h1-2,10,14,18H,3-9H2. The average Bonchev–Trinajstić information content (AvgIpc) is 2.43. The first-order valence-electron chi connectivity index (χ1n) is 6.93. The van der Waals surface area contributed by atoms with Crippen LogP contribution in [-0.2, 0) is 16.0 Å². The molecule has 5 heteroatoms. The summed E-state index contributed by atoms with van der Waals surface area (Å²) in [7, 11) is 0. The second-order valence-corrected chi connectivity index (χ2v) is 5.02. The van der Waals surface area contributed by atoms with Crippen LogP contribution >= 0.6 is 0 Å². The molecule has 1 aromatic carbocycles. The third-order valence-electron chi connectivity index (χ3n) is 3.42. The van der Waals surface area contributed by atoms with Gasteiger partial charge in [-0.25, -0.2) is 8.78 Å². The lowest BCUT2D eigenvalue weighted by molar-refractivity contribution is -0.120. The SMILES string of the molecule is O=C(CCOC1CCNCC1)Cc1ccc(F)cc1F. The van der Waals surface area contributed by atoms with Crippen LogP contribution in [0.1, 0.15) is 24.8 Å². The fourth-order valence-electron chi connectivity index (χ4n) is 2.27. The minimum Gasteiger partial charge on any atom is -0.378 e. The Morgan fingerprint density at radius 2 is 2.05 bits per heavy atom. The maximum absolute atomic E-state index is 13.4. The van der Waals surface area contributed by atoms with E-state index in [0.717, 1.165) is 38.1 Å². The summed E-state index contributed by atoms with van der Waals surface area (Å²) < 4.78 is 31.8. The first kappa shape index (κ1) is 15.1. The van der Waals surface area contributed by atoms with Crippen molar-refractivity contribution in [1.82, 2.24) is 5.32 Å². The van der Waals surface area contributed by atoms with E-state index in [1.165, 1.54) is 6.07 Å². The molecule has 0 aromatic heterocycles. The van der Waals surface area contributed by atoms with Crippen LogP contribution in [-0.4, -0.2) is 31.6 Å². The number of ether oxygens (including phenoxy) is 1. The van der Waals surface area contributed by atoms with Crippen molar-refractivity contribution in [3.63, 3.8) is 0 Å². The fourth-order valence-corrected chi connectivity index (χ4v) is 2.27. The van der Waals surface area contributed by atoms with Crippen LogP contribution in [0, 0.1) is 11.6 Å². The summed E-state index contributed by atoms with van der Waals surface area (Å²) in [5.41, 5.74) is 0.235. The predicted octanol–water partition coefficient (Wildman–Crippen LogP) is 2.24. The van der Waals surface area contributed by atoms with Gasteiger partial charge in [0.15, 0.2) is 0 Å². The van der Waals surface area contributed by atoms with E-state index in [2.05, 4.69) is 5.32 Å². The third kappa shape index (κ3) is 4.65. The molecular formula is C15H19F2NO2. The van der Waals surface area contributed by atoms with E-state index in [0.29, 0.717) is 6.61 Å². The Hall–Kier alpha value is -1.33. The normalized spacial score (nSPS) is 16.3. The number of rotatable bonds is 6. The second kappa shape index (κ2) is 7.45. The lowest BCUT2D eigenvalue weighted by atomic mass is 10.1. The van der Waals surface area contributed by atoms with Gasteiger partial charge in [-0.1, -0.05) is 6.07 Å². The number of hydrogen-bond donors (Lipinski definition) is 1. The summed E-state index contributed by atoms with van der Waals surface area (Å²) in [5, 5.41) is 3.24. The highest BCUT2D eigenvalue weighted by atomic mass is 19.1. The van der Waals surface area contributed by atoms with Crippen LogP contribution in [0.4, 0.5) is 8.78 Å². The van der Waals surface area contributed by atoms with Gasteiger partial charge in [0.1, 0.15) is 17.4 Å². The van der Waals surface area contributed by atoms with Gasteiger partial charge in [-0.3, -0.25) is 4.79 Å². The van der Waals surface area contributed by atoms with E-state index < -0.39 is 11.6 Å². The number of benzene rings is 1. The third-order valence-corrected chi connectivity index (χ3v) is 3.42. The first-order chi connectivity index (χ1) is 9.65. The molecule has 0 aliphatic carbocycles. The second-order valence-electron chi connectivity index (χ2n) is 5.02. The largest absolute Gasteiger partial charge is 0.378 e. The van der Waals surface area contributed by atoms with Gasteiger partial charge in [0.25, 0.3) is 0 Å². The molecule has 20 heavy (non-hydrogen) atoms. The van der Waals surface area contributed by atoms with E-state index >= 15 is 0 Å². The molecule has 0 radical (unpaired) electrons. The summed E-state index contributed by atoms with van der Waals surface area (Å²) in [4.78, 5) is 11.7. The van der Waals surface area contributed by atoms with Crippen molar-refractivity contribution < 1.29 is 18.3 Å². The molecular weight excluding hydrogens is 264 g/mol. The Balaban J connectivity index is 1.72. The summed E-state index contributed by atoms with van der Waals surface area (Å²) >= 11 is 0. The Bertz CT molecular complexity index is 459. The van der Waals surface area contributed by atoms with E-state index in [1.807, 2.05) is 0 Å². The van der Waals surface area contributed by atoms with Gasteiger partial charge < -0.3 is 10.1 Å². The molecule has 0 bridgehead atoms. The van der Waals surface area contributed by atoms with Crippen LogP contribution < -0.4 is 5.32 Å². The molecule has 0 atom stereocenters. The van der Waals surface area contributed by atoms with Crippen LogP contribution in [0.15, 0.2) is 18.2 Å². The molecule has 3 nitrogen and oxygen atoms in total. The number of hydrogen-bond acceptors (Lipinski definition) is 3. The Morgan fingerprint density at radius 3 is 2.75 bits per heavy atom. The number of halogens is 2. The maximum atomic E-state index is 13.4. The minimum atomic E-state index is -0.669. The van der Waals surface area contributed by atoms with Crippen molar-refractivity contribution in [2.45, 2.75) is 31.8 Å². The Morgan fingerprint density at radius 1 is 1.30 bits per heavy atom. The lowest BCUT2D eigenvalue weighted by Crippen LogP contribution is -2.32. The molecule has 0 amide bonds. The van der Waals surface area contributed by atoms with Crippen LogP contribution in [0.25, 0.3) is 0 Å². The van der Waals surface area contributed by atoms with Gasteiger partial charge in [0.05, 0.1) is 12.7 Å². The summed E-state index contributed by atoms with van der Waals surface area (Å²) in [6.45, 7) is 2.26. The number of ketones is 1. The summed E-state index contributed by atoms with van der Waals surface area (Å²) in [6.07, 6.45) is 2.39. The molecule has 1 aromatic rings. The highest BCUT2D eigenvalue weighted by molar-refractivity contribution is 5.80. The van der Waals surface area contributed by atoms with E-state index in [4.69, 9.17) is 4.74 Å². The molecule has 1 heterocycles. The molecule has 2 rings (SSSR count). The van der Waals surface area contributed by atoms with Crippen molar-refractivity contribution in [1.29, 1.82) is 0 Å². The fraction of sp³-hybridized carbons (Fsp3) is 0.533. The van der Waals surface area contributed by atoms with Gasteiger partial charge in [0, 0.05) is 18.9 Å². The molecule has 1 fully saturated rings. The van der Waals surface area contributed by atoms with E-state index in [-0.39, 0.29) is 30.3 Å². The molecule has 0 unspecified atom stereocenters. The maximum Gasteiger partial charge on any atom is 0.139 e. The van der Waals surface area contributed by atoms with Gasteiger partial charge in [-0.15, -0.1) is 0 Å². The Labute approximate surface area is 117 Å². The van der Waals surface area contributed by atoms with Gasteiger partial charge >= 0.3 is 0 Å².